The molecule has 23 heavy (non-hydrogen) atoms. The molecule has 0 fully saturated rings. The van der Waals surface area contributed by atoms with Crippen molar-refractivity contribution in [2.24, 2.45) is 5.73 Å². The summed E-state index contributed by atoms with van der Waals surface area (Å²) in [6, 6.07) is 8.23. The minimum Gasteiger partial charge on any atom is -0.347 e. The van der Waals surface area contributed by atoms with Crippen molar-refractivity contribution in [1.29, 1.82) is 0 Å². The number of carbonyl (C=O) groups is 1. The summed E-state index contributed by atoms with van der Waals surface area (Å²) in [7, 11) is 0. The number of nitrogens with two attached hydrogens (primary N) is 1. The van der Waals surface area contributed by atoms with Crippen molar-refractivity contribution >= 4 is 34.9 Å². The molecule has 5 heteroatoms. The van der Waals surface area contributed by atoms with Crippen molar-refractivity contribution in [2.75, 3.05) is 11.9 Å². The summed E-state index contributed by atoms with van der Waals surface area (Å²) < 4.78 is 2.23. The molecule has 3 N–H and O–H groups in total. The van der Waals surface area contributed by atoms with Gasteiger partial charge >= 0.3 is 0 Å². The Bertz CT molecular complexity index is 609. The van der Waals surface area contributed by atoms with E-state index in [0.29, 0.717) is 6.42 Å². The van der Waals surface area contributed by atoms with Crippen molar-refractivity contribution in [1.82, 2.24) is 4.57 Å². The second kappa shape index (κ2) is 10.3. The quantitative estimate of drug-likeness (QED) is 0.669. The zero-order valence-electron chi connectivity index (χ0n) is 13.9. The van der Waals surface area contributed by atoms with E-state index in [4.69, 9.17) is 5.73 Å². The van der Waals surface area contributed by atoms with Gasteiger partial charge in [0.2, 0.25) is 5.91 Å². The van der Waals surface area contributed by atoms with Crippen LogP contribution in [0.25, 0.3) is 10.9 Å². The number of hydrogen-bond donors (Lipinski definition) is 2. The van der Waals surface area contributed by atoms with E-state index >= 15 is 0 Å². The van der Waals surface area contributed by atoms with Crippen molar-refractivity contribution in [2.45, 2.75) is 52.0 Å². The second-order valence-electron chi connectivity index (χ2n) is 5.78. The minimum atomic E-state index is 0. The van der Waals surface area contributed by atoms with Crippen LogP contribution in [0.1, 0.15) is 45.4 Å². The Balaban J connectivity index is 0.00000264. The molecule has 1 aromatic carbocycles. The first-order chi connectivity index (χ1) is 10.7. The number of hydrogen-bond acceptors (Lipinski definition) is 2. The maximum Gasteiger partial charge on any atom is 0.224 e. The third-order valence-electron chi connectivity index (χ3n) is 3.88. The van der Waals surface area contributed by atoms with Crippen LogP contribution in [0.4, 0.5) is 5.69 Å². The molecule has 0 saturated heterocycles. The molecule has 1 heterocycles. The van der Waals surface area contributed by atoms with Gasteiger partial charge in [0.25, 0.3) is 0 Å². The van der Waals surface area contributed by atoms with Gasteiger partial charge in [-0.25, -0.2) is 0 Å². The zero-order chi connectivity index (χ0) is 15.8. The topological polar surface area (TPSA) is 60.0 Å². The number of nitrogens with zero attached hydrogens (tertiary/aromatic N) is 1. The summed E-state index contributed by atoms with van der Waals surface area (Å²) in [6.45, 7) is 3.91. The van der Waals surface area contributed by atoms with E-state index in [1.807, 2.05) is 6.07 Å². The smallest absolute Gasteiger partial charge is 0.224 e. The Morgan fingerprint density at radius 2 is 1.96 bits per heavy atom. The molecular formula is C18H28ClN3O. The van der Waals surface area contributed by atoms with E-state index in [2.05, 4.69) is 41.2 Å². The van der Waals surface area contributed by atoms with Gasteiger partial charge < -0.3 is 15.6 Å². The summed E-state index contributed by atoms with van der Waals surface area (Å²) in [5.41, 5.74) is 7.53. The molecule has 128 valence electrons. The molecule has 2 aromatic rings. The van der Waals surface area contributed by atoms with Crippen LogP contribution in [0.3, 0.4) is 0 Å². The molecule has 4 nitrogen and oxygen atoms in total. The number of carbonyl (C=O) groups excluding carboxylic acids is 1. The number of aryl methyl sites for hydroxylation is 1. The normalized spacial score (nSPS) is 10.5. The first-order valence-corrected chi connectivity index (χ1v) is 8.33. The fourth-order valence-electron chi connectivity index (χ4n) is 2.70. The molecular weight excluding hydrogens is 310 g/mol. The van der Waals surface area contributed by atoms with Crippen LogP contribution in [-0.4, -0.2) is 17.0 Å². The average Bonchev–Trinajstić information content (AvgIpc) is 2.90. The number of amides is 1. The second-order valence-corrected chi connectivity index (χ2v) is 5.78. The monoisotopic (exact) mass is 337 g/mol. The number of aromatic nitrogens is 1. The number of unbranched alkanes of at least 4 members (excludes halogenated alkanes) is 3. The predicted molar refractivity (Wildman–Crippen MR) is 100 cm³/mol. The molecule has 0 unspecified atom stereocenters. The molecule has 0 bridgehead atoms. The number of nitrogens with one attached hydrogen (secondary N) is 1. The first kappa shape index (κ1) is 19.5. The number of benzene rings is 1. The number of halogens is 1. The van der Waals surface area contributed by atoms with Gasteiger partial charge in [-0.2, -0.15) is 0 Å². The minimum absolute atomic E-state index is 0. The molecule has 0 aliphatic carbocycles. The number of anilines is 1. The summed E-state index contributed by atoms with van der Waals surface area (Å²) in [4.78, 5) is 12.0. The zero-order valence-corrected chi connectivity index (χ0v) is 14.7. The number of fused-ring (bicyclic) bond motifs is 1. The Kier molecular flexibility index (Phi) is 8.74. The molecule has 0 spiro atoms. The van der Waals surface area contributed by atoms with Gasteiger partial charge in [-0.3, -0.25) is 4.79 Å². The van der Waals surface area contributed by atoms with Gasteiger partial charge in [-0.05, 0) is 49.4 Å². The van der Waals surface area contributed by atoms with Crippen LogP contribution in [0.15, 0.2) is 30.5 Å². The lowest BCUT2D eigenvalue weighted by Gasteiger charge is -2.08. The van der Waals surface area contributed by atoms with Crippen molar-refractivity contribution in [3.05, 3.63) is 30.5 Å². The Morgan fingerprint density at radius 3 is 2.70 bits per heavy atom. The fraction of sp³-hybridized carbons (Fsp3) is 0.500. The molecule has 1 amide bonds. The third-order valence-corrected chi connectivity index (χ3v) is 3.88. The standard InChI is InChI=1S/C18H27N3O.ClH/c1-2-12-21-13-10-15-8-9-16(14-17(15)21)20-18(22)7-5-3-4-6-11-19;/h8-10,13-14H,2-7,11-12,19H2,1H3,(H,20,22);1H. The lowest BCUT2D eigenvalue weighted by Crippen LogP contribution is -2.11. The highest BCUT2D eigenvalue weighted by atomic mass is 35.5. The lowest BCUT2D eigenvalue weighted by atomic mass is 10.1. The van der Waals surface area contributed by atoms with E-state index in [1.165, 1.54) is 10.9 Å². The lowest BCUT2D eigenvalue weighted by molar-refractivity contribution is -0.116. The van der Waals surface area contributed by atoms with Crippen LogP contribution in [0.5, 0.6) is 0 Å². The first-order valence-electron chi connectivity index (χ1n) is 8.33. The van der Waals surface area contributed by atoms with Crippen LogP contribution >= 0.6 is 12.4 Å². The summed E-state index contributed by atoms with van der Waals surface area (Å²) in [5, 5.41) is 4.22. The molecule has 0 atom stereocenters. The van der Waals surface area contributed by atoms with Gasteiger partial charge in [0.1, 0.15) is 0 Å². The largest absolute Gasteiger partial charge is 0.347 e. The summed E-state index contributed by atoms with van der Waals surface area (Å²) in [6.07, 6.45) is 7.95. The molecule has 0 aliphatic rings. The van der Waals surface area contributed by atoms with E-state index in [9.17, 15) is 4.79 Å². The average molecular weight is 338 g/mol. The molecule has 1 aromatic heterocycles. The maximum absolute atomic E-state index is 12.0. The molecule has 2 rings (SSSR count). The van der Waals surface area contributed by atoms with Crippen molar-refractivity contribution in [3.63, 3.8) is 0 Å². The molecule has 0 saturated carbocycles. The van der Waals surface area contributed by atoms with Crippen molar-refractivity contribution < 1.29 is 4.79 Å². The van der Waals surface area contributed by atoms with Gasteiger partial charge in [0.05, 0.1) is 5.52 Å². The van der Waals surface area contributed by atoms with Crippen LogP contribution in [0.2, 0.25) is 0 Å². The predicted octanol–water partition coefficient (Wildman–Crippen LogP) is 4.32. The highest BCUT2D eigenvalue weighted by molar-refractivity contribution is 5.93. The van der Waals surface area contributed by atoms with Gasteiger partial charge in [-0.15, -0.1) is 12.4 Å². The maximum atomic E-state index is 12.0. The Morgan fingerprint density at radius 1 is 1.17 bits per heavy atom. The third kappa shape index (κ3) is 5.88. The van der Waals surface area contributed by atoms with Gasteiger partial charge in [-0.1, -0.05) is 25.8 Å². The van der Waals surface area contributed by atoms with Gasteiger partial charge in [0, 0.05) is 24.8 Å². The fourth-order valence-corrected chi connectivity index (χ4v) is 2.70. The SMILES string of the molecule is CCCn1ccc2ccc(NC(=O)CCCCCCN)cc21.Cl. The summed E-state index contributed by atoms with van der Waals surface area (Å²) >= 11 is 0. The van der Waals surface area contributed by atoms with E-state index in [0.717, 1.165) is 50.9 Å². The van der Waals surface area contributed by atoms with Crippen LogP contribution in [-0.2, 0) is 11.3 Å². The highest BCUT2D eigenvalue weighted by Gasteiger charge is 2.05. The van der Waals surface area contributed by atoms with Crippen LogP contribution < -0.4 is 11.1 Å². The van der Waals surface area contributed by atoms with Crippen molar-refractivity contribution in [3.8, 4) is 0 Å². The van der Waals surface area contributed by atoms with E-state index in [-0.39, 0.29) is 18.3 Å². The molecule has 0 radical (unpaired) electrons. The van der Waals surface area contributed by atoms with E-state index in [1.54, 1.807) is 0 Å². The Labute approximate surface area is 144 Å². The summed E-state index contributed by atoms with van der Waals surface area (Å²) in [5.74, 6) is 0.0979. The molecule has 0 aliphatic heterocycles. The van der Waals surface area contributed by atoms with Gasteiger partial charge in [0.15, 0.2) is 0 Å². The van der Waals surface area contributed by atoms with Crippen LogP contribution in [0, 0.1) is 0 Å². The van der Waals surface area contributed by atoms with E-state index < -0.39 is 0 Å². The highest BCUT2D eigenvalue weighted by Crippen LogP contribution is 2.21. The number of rotatable bonds is 9. The Hall–Kier alpha value is -1.52.